The molecule has 13 heavy (non-hydrogen) atoms. The van der Waals surface area contributed by atoms with E-state index in [2.05, 4.69) is 17.3 Å². The highest BCUT2D eigenvalue weighted by atomic mass is 16.2. The summed E-state index contributed by atoms with van der Waals surface area (Å²) in [5.74, 6) is 0. The van der Waals surface area contributed by atoms with Crippen molar-refractivity contribution >= 4 is 6.03 Å². The molecule has 1 N–H and O–H groups in total. The van der Waals surface area contributed by atoms with E-state index in [1.165, 1.54) is 0 Å². The Labute approximate surface area is 79.9 Å². The van der Waals surface area contributed by atoms with Crippen molar-refractivity contribution in [3.8, 4) is 0 Å². The maximum absolute atomic E-state index is 11.5. The van der Waals surface area contributed by atoms with Crippen LogP contribution in [0.5, 0.6) is 0 Å². The van der Waals surface area contributed by atoms with Crippen LogP contribution < -0.4 is 5.32 Å². The van der Waals surface area contributed by atoms with Gasteiger partial charge >= 0.3 is 6.03 Å². The van der Waals surface area contributed by atoms with E-state index in [1.54, 1.807) is 0 Å². The van der Waals surface area contributed by atoms with Gasteiger partial charge in [-0.2, -0.15) is 0 Å². The molecule has 1 aliphatic rings. The van der Waals surface area contributed by atoms with Gasteiger partial charge in [-0.25, -0.2) is 4.79 Å². The number of likely N-dealkylation sites (N-methyl/N-ethyl adjacent to an activating group) is 1. The molecular formula is C9H19N3O. The van der Waals surface area contributed by atoms with Crippen LogP contribution in [0, 0.1) is 0 Å². The standard InChI is InChI=1S/C9H19N3O/c1-3-10-9(13)12-6-4-5-11(2)7-8-12/h3-8H2,1-2H3,(H,10,13). The second kappa shape index (κ2) is 5.07. The number of carbonyl (C=O) groups excluding carboxylic acids is 1. The van der Waals surface area contributed by atoms with E-state index in [9.17, 15) is 4.79 Å². The molecule has 1 aliphatic heterocycles. The number of hydrogen-bond acceptors (Lipinski definition) is 2. The summed E-state index contributed by atoms with van der Waals surface area (Å²) < 4.78 is 0. The lowest BCUT2D eigenvalue weighted by atomic mass is 10.4. The number of carbonyl (C=O) groups is 1. The van der Waals surface area contributed by atoms with Crippen molar-refractivity contribution < 1.29 is 4.79 Å². The molecule has 0 saturated carbocycles. The zero-order valence-electron chi connectivity index (χ0n) is 8.55. The van der Waals surface area contributed by atoms with Crippen molar-refractivity contribution in [1.29, 1.82) is 0 Å². The lowest BCUT2D eigenvalue weighted by molar-refractivity contribution is 0.200. The summed E-state index contributed by atoms with van der Waals surface area (Å²) in [7, 11) is 2.10. The number of nitrogens with zero attached hydrogens (tertiary/aromatic N) is 2. The van der Waals surface area contributed by atoms with Gasteiger partial charge in [0.05, 0.1) is 0 Å². The average molecular weight is 185 g/mol. The Hall–Kier alpha value is -0.770. The summed E-state index contributed by atoms with van der Waals surface area (Å²) in [6, 6.07) is 0.0813. The van der Waals surface area contributed by atoms with E-state index in [1.807, 2.05) is 11.8 Å². The molecule has 1 fully saturated rings. The topological polar surface area (TPSA) is 35.6 Å². The van der Waals surface area contributed by atoms with E-state index >= 15 is 0 Å². The Bertz CT molecular complexity index is 172. The van der Waals surface area contributed by atoms with Crippen molar-refractivity contribution in [3.05, 3.63) is 0 Å². The maximum Gasteiger partial charge on any atom is 0.317 e. The number of urea groups is 1. The molecule has 2 amide bonds. The van der Waals surface area contributed by atoms with Gasteiger partial charge in [0.2, 0.25) is 0 Å². The van der Waals surface area contributed by atoms with Gasteiger partial charge in [-0.3, -0.25) is 0 Å². The summed E-state index contributed by atoms with van der Waals surface area (Å²) >= 11 is 0. The van der Waals surface area contributed by atoms with Crippen LogP contribution >= 0.6 is 0 Å². The molecule has 0 bridgehead atoms. The lowest BCUT2D eigenvalue weighted by Crippen LogP contribution is -2.41. The normalized spacial score (nSPS) is 19.7. The van der Waals surface area contributed by atoms with E-state index in [0.717, 1.165) is 32.6 Å². The molecule has 0 aromatic heterocycles. The predicted molar refractivity (Wildman–Crippen MR) is 52.8 cm³/mol. The molecule has 0 aromatic rings. The second-order valence-corrected chi connectivity index (χ2v) is 3.48. The first-order chi connectivity index (χ1) is 6.24. The Balaban J connectivity index is 2.37. The van der Waals surface area contributed by atoms with Gasteiger partial charge in [0.15, 0.2) is 0 Å². The van der Waals surface area contributed by atoms with E-state index in [-0.39, 0.29) is 6.03 Å². The van der Waals surface area contributed by atoms with Crippen LogP contribution in [0.2, 0.25) is 0 Å². The van der Waals surface area contributed by atoms with Gasteiger partial charge in [-0.05, 0) is 26.9 Å². The third-order valence-corrected chi connectivity index (χ3v) is 2.33. The van der Waals surface area contributed by atoms with Gasteiger partial charge < -0.3 is 15.1 Å². The van der Waals surface area contributed by atoms with Crippen LogP contribution in [0.4, 0.5) is 4.79 Å². The average Bonchev–Trinajstić information content (AvgIpc) is 2.30. The molecular weight excluding hydrogens is 166 g/mol. The van der Waals surface area contributed by atoms with Crippen molar-refractivity contribution in [2.75, 3.05) is 39.8 Å². The molecule has 0 radical (unpaired) electrons. The summed E-state index contributed by atoms with van der Waals surface area (Å²) in [6.45, 7) is 6.47. The van der Waals surface area contributed by atoms with Gasteiger partial charge in [0.1, 0.15) is 0 Å². The van der Waals surface area contributed by atoms with E-state index < -0.39 is 0 Å². The van der Waals surface area contributed by atoms with Gasteiger partial charge in [-0.15, -0.1) is 0 Å². The Morgan fingerprint density at radius 1 is 1.31 bits per heavy atom. The van der Waals surface area contributed by atoms with Crippen LogP contribution in [0.15, 0.2) is 0 Å². The number of hydrogen-bond donors (Lipinski definition) is 1. The van der Waals surface area contributed by atoms with Crippen LogP contribution in [0.3, 0.4) is 0 Å². The van der Waals surface area contributed by atoms with Gasteiger partial charge in [-0.1, -0.05) is 0 Å². The minimum absolute atomic E-state index is 0.0813. The van der Waals surface area contributed by atoms with Crippen molar-refractivity contribution in [3.63, 3.8) is 0 Å². The predicted octanol–water partition coefficient (Wildman–Crippen LogP) is 0.353. The minimum atomic E-state index is 0.0813. The van der Waals surface area contributed by atoms with Gasteiger partial charge in [0.25, 0.3) is 0 Å². The SMILES string of the molecule is CCNC(=O)N1CCCN(C)CC1. The fraction of sp³-hybridized carbons (Fsp3) is 0.889. The monoisotopic (exact) mass is 185 g/mol. The highest BCUT2D eigenvalue weighted by Gasteiger charge is 2.15. The summed E-state index contributed by atoms with van der Waals surface area (Å²) in [5, 5.41) is 2.83. The molecule has 0 spiro atoms. The molecule has 0 unspecified atom stereocenters. The number of rotatable bonds is 1. The molecule has 4 heteroatoms. The first-order valence-electron chi connectivity index (χ1n) is 4.95. The van der Waals surface area contributed by atoms with Crippen molar-refractivity contribution in [1.82, 2.24) is 15.1 Å². The summed E-state index contributed by atoms with van der Waals surface area (Å²) in [4.78, 5) is 15.6. The molecule has 0 aliphatic carbocycles. The molecule has 0 atom stereocenters. The van der Waals surface area contributed by atoms with Crippen molar-refractivity contribution in [2.45, 2.75) is 13.3 Å². The zero-order chi connectivity index (χ0) is 9.68. The summed E-state index contributed by atoms with van der Waals surface area (Å²) in [6.07, 6.45) is 1.08. The molecule has 1 heterocycles. The minimum Gasteiger partial charge on any atom is -0.338 e. The largest absolute Gasteiger partial charge is 0.338 e. The maximum atomic E-state index is 11.5. The zero-order valence-corrected chi connectivity index (χ0v) is 8.55. The molecule has 1 saturated heterocycles. The fourth-order valence-corrected chi connectivity index (χ4v) is 1.51. The molecule has 76 valence electrons. The lowest BCUT2D eigenvalue weighted by Gasteiger charge is -2.20. The van der Waals surface area contributed by atoms with E-state index in [4.69, 9.17) is 0 Å². The fourth-order valence-electron chi connectivity index (χ4n) is 1.51. The highest BCUT2D eigenvalue weighted by Crippen LogP contribution is 2.00. The molecule has 1 rings (SSSR count). The van der Waals surface area contributed by atoms with Crippen LogP contribution in [0.1, 0.15) is 13.3 Å². The van der Waals surface area contributed by atoms with Crippen LogP contribution in [-0.4, -0.2) is 55.6 Å². The van der Waals surface area contributed by atoms with Crippen molar-refractivity contribution in [2.24, 2.45) is 0 Å². The Morgan fingerprint density at radius 3 is 2.77 bits per heavy atom. The number of nitrogens with one attached hydrogen (secondary N) is 1. The van der Waals surface area contributed by atoms with Crippen LogP contribution in [-0.2, 0) is 0 Å². The van der Waals surface area contributed by atoms with E-state index in [0.29, 0.717) is 6.54 Å². The third kappa shape index (κ3) is 3.22. The molecule has 4 nitrogen and oxygen atoms in total. The van der Waals surface area contributed by atoms with Gasteiger partial charge in [0, 0.05) is 26.2 Å². The Morgan fingerprint density at radius 2 is 2.08 bits per heavy atom. The third-order valence-electron chi connectivity index (χ3n) is 2.33. The first-order valence-corrected chi connectivity index (χ1v) is 4.95. The van der Waals surface area contributed by atoms with Crippen LogP contribution in [0.25, 0.3) is 0 Å². The second-order valence-electron chi connectivity index (χ2n) is 3.48. The highest BCUT2D eigenvalue weighted by molar-refractivity contribution is 5.74. The smallest absolute Gasteiger partial charge is 0.317 e. The molecule has 0 aromatic carbocycles. The Kier molecular flexibility index (Phi) is 4.02. The summed E-state index contributed by atoms with van der Waals surface area (Å²) in [5.41, 5.74) is 0. The quantitative estimate of drug-likeness (QED) is 0.640. The number of amides is 2. The first kappa shape index (κ1) is 10.3.